The second-order valence-corrected chi connectivity index (χ2v) is 15.1. The minimum absolute atomic E-state index is 0.0724. The molecule has 2 unspecified atom stereocenters. The Morgan fingerprint density at radius 2 is 1.69 bits per heavy atom. The molecular weight excluding hydrogens is 574 g/mol. The van der Waals surface area contributed by atoms with Gasteiger partial charge in [-0.05, 0) is 98.8 Å². The van der Waals surface area contributed by atoms with Gasteiger partial charge in [-0.25, -0.2) is 0 Å². The predicted octanol–water partition coefficient (Wildman–Crippen LogP) is 4.15. The van der Waals surface area contributed by atoms with Crippen LogP contribution in [-0.2, 0) is 23.9 Å². The molecule has 0 aromatic heterocycles. The number of aliphatic hydroxyl groups excluding tert-OH is 1. The molecule has 3 N–H and O–H groups in total. The Hall–Kier alpha value is -3.04. The molecule has 0 heterocycles. The summed E-state index contributed by atoms with van der Waals surface area (Å²) in [6, 6.07) is 8.72. The van der Waals surface area contributed by atoms with Crippen LogP contribution in [0.5, 0.6) is 0 Å². The molecule has 4 fully saturated rings. The maximum absolute atomic E-state index is 14.8. The van der Waals surface area contributed by atoms with Gasteiger partial charge in [0.2, 0.25) is 0 Å². The normalized spacial score (nSPS) is 39.7. The van der Waals surface area contributed by atoms with Gasteiger partial charge in [-0.1, -0.05) is 32.0 Å². The minimum Gasteiger partial charge on any atom is -0.458 e. The van der Waals surface area contributed by atoms with E-state index < -0.39 is 46.7 Å². The highest BCUT2D eigenvalue weighted by Crippen LogP contribution is 2.67. The summed E-state index contributed by atoms with van der Waals surface area (Å²) in [5, 5.41) is 27.2. The number of rotatable bonds is 6. The van der Waals surface area contributed by atoms with Crippen molar-refractivity contribution in [3.63, 3.8) is 0 Å². The summed E-state index contributed by atoms with van der Waals surface area (Å²) in [4.78, 5) is 52.8. The van der Waals surface area contributed by atoms with Crippen molar-refractivity contribution in [1.82, 2.24) is 5.32 Å². The van der Waals surface area contributed by atoms with E-state index in [1.54, 1.807) is 31.2 Å². The van der Waals surface area contributed by atoms with Crippen LogP contribution in [0.2, 0.25) is 0 Å². The molecule has 1 aromatic carbocycles. The van der Waals surface area contributed by atoms with E-state index in [9.17, 15) is 29.4 Å². The molecule has 5 aliphatic rings. The van der Waals surface area contributed by atoms with Crippen molar-refractivity contribution in [1.29, 1.82) is 0 Å². The summed E-state index contributed by atoms with van der Waals surface area (Å²) >= 11 is 0. The van der Waals surface area contributed by atoms with Gasteiger partial charge in [0.1, 0.15) is 6.10 Å². The van der Waals surface area contributed by atoms with Gasteiger partial charge in [-0.3, -0.25) is 19.2 Å². The topological polar surface area (TPSA) is 139 Å². The van der Waals surface area contributed by atoms with Crippen LogP contribution in [0.15, 0.2) is 41.5 Å². The number of esters is 2. The van der Waals surface area contributed by atoms with Gasteiger partial charge in [0, 0.05) is 30.9 Å². The van der Waals surface area contributed by atoms with Crippen molar-refractivity contribution in [2.75, 3.05) is 6.54 Å². The molecule has 0 spiro atoms. The highest BCUT2D eigenvalue weighted by molar-refractivity contribution is 5.95. The Labute approximate surface area is 265 Å². The summed E-state index contributed by atoms with van der Waals surface area (Å²) in [5.74, 6) is -0.552. The molecule has 244 valence electrons. The number of carbonyl (C=O) groups excluding carboxylic acids is 4. The van der Waals surface area contributed by atoms with Crippen molar-refractivity contribution in [3.05, 3.63) is 47.0 Å². The van der Waals surface area contributed by atoms with Crippen LogP contribution in [-0.4, -0.2) is 64.3 Å². The van der Waals surface area contributed by atoms with E-state index in [4.69, 9.17) is 9.47 Å². The summed E-state index contributed by atoms with van der Waals surface area (Å²) in [6.07, 6.45) is 1.02. The molecule has 6 rings (SSSR count). The monoisotopic (exact) mass is 621 g/mol. The summed E-state index contributed by atoms with van der Waals surface area (Å²) in [6.45, 7) is 8.66. The molecular formula is C36H47NO8. The summed E-state index contributed by atoms with van der Waals surface area (Å²) in [7, 11) is 0. The number of nitrogens with one attached hydrogen (secondary N) is 1. The van der Waals surface area contributed by atoms with Crippen molar-refractivity contribution in [3.8, 4) is 0 Å². The molecule has 0 aliphatic heterocycles. The third-order valence-corrected chi connectivity index (χ3v) is 12.7. The van der Waals surface area contributed by atoms with Crippen molar-refractivity contribution < 1.29 is 38.9 Å². The minimum atomic E-state index is -1.41. The standard InChI is InChI=1S/C36H47NO8/c1-19-27(45-29(40)13-14-37-33(42)21-9-7-6-8-10-21)18-36(43)17-26-25-15-22-11-12-23(22)24(25)16-28(39)35(26,5)32(41)31(44-20(2)38)30(19)34(36,3)4/h6-10,22-28,31,39,43H,11-18H2,1-5H3,(H,37,42)/t22?,23?,24-,25+,26+,27-,28-,31+,35-,36-/m0/s1. The lowest BCUT2D eigenvalue weighted by molar-refractivity contribution is -0.193. The van der Waals surface area contributed by atoms with Gasteiger partial charge in [0.25, 0.3) is 5.91 Å². The molecule has 9 heteroatoms. The number of carbonyl (C=O) groups is 4. The van der Waals surface area contributed by atoms with Crippen LogP contribution in [0.25, 0.3) is 0 Å². The van der Waals surface area contributed by atoms with Gasteiger partial charge in [-0.15, -0.1) is 0 Å². The second kappa shape index (κ2) is 11.3. The Kier molecular flexibility index (Phi) is 8.04. The van der Waals surface area contributed by atoms with Gasteiger partial charge in [0.05, 0.1) is 23.5 Å². The smallest absolute Gasteiger partial charge is 0.308 e. The average Bonchev–Trinajstić information content (AvgIpc) is 3.21. The Morgan fingerprint density at radius 3 is 2.33 bits per heavy atom. The second-order valence-electron chi connectivity index (χ2n) is 15.1. The number of hydrogen-bond acceptors (Lipinski definition) is 8. The van der Waals surface area contributed by atoms with Crippen LogP contribution in [0.1, 0.15) is 89.9 Å². The first-order valence-electron chi connectivity index (χ1n) is 16.5. The number of hydrogen-bond donors (Lipinski definition) is 3. The van der Waals surface area contributed by atoms with E-state index in [1.165, 1.54) is 6.92 Å². The number of amides is 1. The van der Waals surface area contributed by atoms with Gasteiger partial charge < -0.3 is 25.0 Å². The molecule has 0 saturated heterocycles. The van der Waals surface area contributed by atoms with Crippen LogP contribution < -0.4 is 5.32 Å². The first kappa shape index (κ1) is 31.9. The third kappa shape index (κ3) is 5.05. The SMILES string of the molecule is CC(=O)O[C@H]1C(=O)[C@@]2(C)[C@H](C[C@]3(O)C[C@H](OC(=O)CCNC(=O)c4ccccc4)C(C)=C1C3(C)C)[C@@H]1CC3CCC3[C@@H]1C[C@@H]2O. The Morgan fingerprint density at radius 1 is 0.978 bits per heavy atom. The summed E-state index contributed by atoms with van der Waals surface area (Å²) in [5.41, 5.74) is -2.12. The van der Waals surface area contributed by atoms with E-state index in [2.05, 4.69) is 5.32 Å². The quantitative estimate of drug-likeness (QED) is 0.318. The number of Topliss-reactive ketones (excluding diaryl/α,β-unsaturated/α-hetero) is 1. The fourth-order valence-electron chi connectivity index (χ4n) is 9.89. The van der Waals surface area contributed by atoms with Gasteiger partial charge in [-0.2, -0.15) is 0 Å². The number of benzene rings is 1. The van der Waals surface area contributed by atoms with Crippen molar-refractivity contribution >= 4 is 23.6 Å². The molecule has 10 atom stereocenters. The Bertz CT molecular complexity index is 1420. The molecule has 9 nitrogen and oxygen atoms in total. The van der Waals surface area contributed by atoms with Crippen molar-refractivity contribution in [2.24, 2.45) is 40.4 Å². The maximum Gasteiger partial charge on any atom is 0.308 e. The van der Waals surface area contributed by atoms with E-state index >= 15 is 0 Å². The van der Waals surface area contributed by atoms with E-state index in [-0.39, 0.29) is 49.3 Å². The number of fused-ring (bicyclic) bond motifs is 7. The first-order chi connectivity index (χ1) is 21.2. The third-order valence-electron chi connectivity index (χ3n) is 12.7. The lowest BCUT2D eigenvalue weighted by Crippen LogP contribution is -2.66. The average molecular weight is 622 g/mol. The molecule has 1 aromatic rings. The zero-order valence-corrected chi connectivity index (χ0v) is 27.0. The summed E-state index contributed by atoms with van der Waals surface area (Å²) < 4.78 is 11.8. The molecule has 45 heavy (non-hydrogen) atoms. The molecule has 0 radical (unpaired) electrons. The fraction of sp³-hybridized carbons (Fsp3) is 0.667. The van der Waals surface area contributed by atoms with E-state index in [0.717, 1.165) is 19.3 Å². The fourth-order valence-corrected chi connectivity index (χ4v) is 9.89. The maximum atomic E-state index is 14.8. The van der Waals surface area contributed by atoms with E-state index in [1.807, 2.05) is 26.8 Å². The number of aliphatic hydroxyl groups is 2. The van der Waals surface area contributed by atoms with Gasteiger partial charge in [0.15, 0.2) is 11.9 Å². The molecule has 5 aliphatic carbocycles. The van der Waals surface area contributed by atoms with E-state index in [0.29, 0.717) is 40.9 Å². The van der Waals surface area contributed by atoms with Crippen LogP contribution in [0.4, 0.5) is 0 Å². The van der Waals surface area contributed by atoms with Crippen molar-refractivity contribution in [2.45, 2.75) is 103 Å². The largest absolute Gasteiger partial charge is 0.458 e. The predicted molar refractivity (Wildman–Crippen MR) is 165 cm³/mol. The Balaban J connectivity index is 1.32. The lowest BCUT2D eigenvalue weighted by atomic mass is 9.46. The van der Waals surface area contributed by atoms with Crippen LogP contribution >= 0.6 is 0 Å². The zero-order chi connectivity index (χ0) is 32.5. The molecule has 1 amide bonds. The van der Waals surface area contributed by atoms with Crippen LogP contribution in [0.3, 0.4) is 0 Å². The number of ketones is 1. The highest BCUT2D eigenvalue weighted by Gasteiger charge is 2.68. The lowest BCUT2D eigenvalue weighted by Gasteiger charge is -2.60. The highest BCUT2D eigenvalue weighted by atomic mass is 16.6. The first-order valence-corrected chi connectivity index (χ1v) is 16.5. The van der Waals surface area contributed by atoms with Crippen LogP contribution in [0, 0.1) is 40.4 Å². The van der Waals surface area contributed by atoms with Gasteiger partial charge >= 0.3 is 11.9 Å². The molecule has 2 bridgehead atoms. The zero-order valence-electron chi connectivity index (χ0n) is 27.0. The number of ether oxygens (including phenoxy) is 2. The molecule has 4 saturated carbocycles.